The van der Waals surface area contributed by atoms with E-state index in [4.69, 9.17) is 4.74 Å². The van der Waals surface area contributed by atoms with E-state index in [0.717, 1.165) is 25.7 Å². The SMILES string of the molecule is CC1(C)C2CCC1(C)C(C(=O)NCCOC(=O)C1CC3CCC1(C)C3(C)C)C2. The van der Waals surface area contributed by atoms with Crippen molar-refractivity contribution in [2.75, 3.05) is 13.2 Å². The van der Waals surface area contributed by atoms with Gasteiger partial charge in [-0.25, -0.2) is 0 Å². The lowest BCUT2D eigenvalue weighted by atomic mass is 9.66. The number of amides is 1. The Bertz CT molecular complexity index is 625. The summed E-state index contributed by atoms with van der Waals surface area (Å²) in [6, 6.07) is 0. The lowest BCUT2D eigenvalue weighted by molar-refractivity contribution is -0.154. The van der Waals surface area contributed by atoms with E-state index in [0.29, 0.717) is 25.0 Å². The summed E-state index contributed by atoms with van der Waals surface area (Å²) in [5.74, 6) is 1.51. The number of esters is 1. The van der Waals surface area contributed by atoms with Crippen LogP contribution in [0.1, 0.15) is 80.1 Å². The Labute approximate surface area is 170 Å². The Hall–Kier alpha value is -1.06. The van der Waals surface area contributed by atoms with Crippen LogP contribution in [0.2, 0.25) is 0 Å². The molecule has 0 aliphatic heterocycles. The van der Waals surface area contributed by atoms with Crippen LogP contribution in [-0.4, -0.2) is 25.0 Å². The number of carbonyl (C=O) groups excluding carboxylic acids is 2. The smallest absolute Gasteiger partial charge is 0.309 e. The van der Waals surface area contributed by atoms with Crippen molar-refractivity contribution < 1.29 is 14.3 Å². The average Bonchev–Trinajstić information content (AvgIpc) is 3.15. The van der Waals surface area contributed by atoms with Crippen LogP contribution in [0.3, 0.4) is 0 Å². The first kappa shape index (κ1) is 20.2. The van der Waals surface area contributed by atoms with Gasteiger partial charge in [0.25, 0.3) is 0 Å². The first-order chi connectivity index (χ1) is 12.9. The summed E-state index contributed by atoms with van der Waals surface area (Å²) < 4.78 is 5.62. The normalized spacial score (nSPS) is 44.6. The first-order valence-electron chi connectivity index (χ1n) is 11.4. The van der Waals surface area contributed by atoms with Crippen molar-refractivity contribution in [3.05, 3.63) is 0 Å². The van der Waals surface area contributed by atoms with Gasteiger partial charge >= 0.3 is 5.97 Å². The van der Waals surface area contributed by atoms with E-state index in [1.165, 1.54) is 12.8 Å². The topological polar surface area (TPSA) is 55.4 Å². The van der Waals surface area contributed by atoms with E-state index in [1.807, 2.05) is 0 Å². The van der Waals surface area contributed by atoms with Crippen LogP contribution < -0.4 is 5.32 Å². The predicted octanol–water partition coefficient (Wildman–Crippen LogP) is 4.57. The lowest BCUT2D eigenvalue weighted by Gasteiger charge is -2.38. The standard InChI is InChI=1S/C24H39NO3/c1-21(2)15-7-9-23(21,5)17(13-15)19(26)25-11-12-28-20(27)18-14-16-8-10-24(18,6)22(16,3)4/h15-18H,7-14H2,1-6H3,(H,25,26). The minimum absolute atomic E-state index is 0.0160. The molecule has 4 bridgehead atoms. The van der Waals surface area contributed by atoms with E-state index in [9.17, 15) is 9.59 Å². The summed E-state index contributed by atoms with van der Waals surface area (Å²) in [5.41, 5.74) is 0.614. The van der Waals surface area contributed by atoms with E-state index < -0.39 is 0 Å². The maximum absolute atomic E-state index is 12.8. The molecule has 0 heterocycles. The third-order valence-electron chi connectivity index (χ3n) is 10.8. The highest BCUT2D eigenvalue weighted by Gasteiger charge is 2.64. The van der Waals surface area contributed by atoms with Crippen molar-refractivity contribution in [3.8, 4) is 0 Å². The van der Waals surface area contributed by atoms with Gasteiger partial charge in [0.15, 0.2) is 0 Å². The largest absolute Gasteiger partial charge is 0.464 e. The summed E-state index contributed by atoms with van der Waals surface area (Å²) in [6.07, 6.45) is 6.73. The summed E-state index contributed by atoms with van der Waals surface area (Å²) in [6.45, 7) is 14.6. The molecule has 0 aromatic heterocycles. The quantitative estimate of drug-likeness (QED) is 0.553. The highest BCUT2D eigenvalue weighted by Crippen LogP contribution is 2.69. The molecular formula is C24H39NO3. The fraction of sp³-hybridized carbons (Fsp3) is 0.917. The van der Waals surface area contributed by atoms with Crippen LogP contribution in [-0.2, 0) is 14.3 Å². The second-order valence-electron chi connectivity index (χ2n) is 11.8. The molecule has 4 rings (SSSR count). The molecule has 4 aliphatic carbocycles. The lowest BCUT2D eigenvalue weighted by Crippen LogP contribution is -2.43. The Morgan fingerprint density at radius 2 is 1.36 bits per heavy atom. The van der Waals surface area contributed by atoms with Gasteiger partial charge in [0.05, 0.1) is 12.5 Å². The number of nitrogens with one attached hydrogen (secondary N) is 1. The number of fused-ring (bicyclic) bond motifs is 4. The highest BCUT2D eigenvalue weighted by molar-refractivity contribution is 5.80. The monoisotopic (exact) mass is 389 g/mol. The van der Waals surface area contributed by atoms with E-state index in [-0.39, 0.29) is 45.4 Å². The van der Waals surface area contributed by atoms with Gasteiger partial charge in [0.2, 0.25) is 5.91 Å². The molecule has 4 nitrogen and oxygen atoms in total. The Kier molecular flexibility index (Phi) is 4.49. The van der Waals surface area contributed by atoms with Crippen molar-refractivity contribution in [1.82, 2.24) is 5.32 Å². The van der Waals surface area contributed by atoms with Gasteiger partial charge < -0.3 is 10.1 Å². The average molecular weight is 390 g/mol. The van der Waals surface area contributed by atoms with Gasteiger partial charge in [-0.1, -0.05) is 41.5 Å². The molecule has 4 aliphatic rings. The molecule has 0 radical (unpaired) electrons. The summed E-state index contributed by atoms with van der Waals surface area (Å²) in [7, 11) is 0. The van der Waals surface area contributed by atoms with Crippen LogP contribution >= 0.6 is 0 Å². The predicted molar refractivity (Wildman–Crippen MR) is 109 cm³/mol. The fourth-order valence-corrected chi connectivity index (χ4v) is 7.71. The van der Waals surface area contributed by atoms with Gasteiger partial charge in [-0.05, 0) is 72.0 Å². The van der Waals surface area contributed by atoms with E-state index >= 15 is 0 Å². The number of ether oxygens (including phenoxy) is 1. The van der Waals surface area contributed by atoms with Gasteiger partial charge in [-0.15, -0.1) is 0 Å². The zero-order chi connectivity index (χ0) is 20.5. The maximum Gasteiger partial charge on any atom is 0.309 e. The van der Waals surface area contributed by atoms with Gasteiger partial charge in [0.1, 0.15) is 6.61 Å². The molecule has 28 heavy (non-hydrogen) atoms. The van der Waals surface area contributed by atoms with Crippen molar-refractivity contribution in [3.63, 3.8) is 0 Å². The first-order valence-corrected chi connectivity index (χ1v) is 11.4. The zero-order valence-corrected chi connectivity index (χ0v) is 18.7. The van der Waals surface area contributed by atoms with Crippen LogP contribution in [0.5, 0.6) is 0 Å². The number of hydrogen-bond acceptors (Lipinski definition) is 3. The Balaban J connectivity index is 1.26. The minimum atomic E-state index is -0.0555. The Morgan fingerprint density at radius 3 is 1.79 bits per heavy atom. The van der Waals surface area contributed by atoms with Crippen LogP contribution in [0.15, 0.2) is 0 Å². The van der Waals surface area contributed by atoms with Crippen molar-refractivity contribution >= 4 is 11.9 Å². The summed E-state index contributed by atoms with van der Waals surface area (Å²) in [5, 5.41) is 3.06. The number of rotatable bonds is 5. The zero-order valence-electron chi connectivity index (χ0n) is 18.7. The highest BCUT2D eigenvalue weighted by atomic mass is 16.5. The molecule has 6 unspecified atom stereocenters. The molecule has 4 heteroatoms. The third-order valence-corrected chi connectivity index (χ3v) is 10.8. The molecule has 0 aromatic carbocycles. The van der Waals surface area contributed by atoms with Gasteiger partial charge in [-0.3, -0.25) is 9.59 Å². The summed E-state index contributed by atoms with van der Waals surface area (Å²) in [4.78, 5) is 25.6. The minimum Gasteiger partial charge on any atom is -0.464 e. The van der Waals surface area contributed by atoms with Crippen LogP contribution in [0, 0.1) is 45.3 Å². The van der Waals surface area contributed by atoms with Crippen molar-refractivity contribution in [1.29, 1.82) is 0 Å². The fourth-order valence-electron chi connectivity index (χ4n) is 7.71. The maximum atomic E-state index is 12.8. The van der Waals surface area contributed by atoms with Crippen LogP contribution in [0.4, 0.5) is 0 Å². The number of hydrogen-bond donors (Lipinski definition) is 1. The molecule has 4 fully saturated rings. The second-order valence-corrected chi connectivity index (χ2v) is 11.8. The van der Waals surface area contributed by atoms with E-state index in [1.54, 1.807) is 0 Å². The second kappa shape index (κ2) is 6.22. The van der Waals surface area contributed by atoms with Gasteiger partial charge in [-0.2, -0.15) is 0 Å². The molecule has 1 amide bonds. The molecular weight excluding hydrogens is 350 g/mol. The Morgan fingerprint density at radius 1 is 0.857 bits per heavy atom. The molecule has 0 spiro atoms. The van der Waals surface area contributed by atoms with Crippen LogP contribution in [0.25, 0.3) is 0 Å². The molecule has 0 saturated heterocycles. The number of carbonyl (C=O) groups is 2. The van der Waals surface area contributed by atoms with Gasteiger partial charge in [0, 0.05) is 5.92 Å². The molecule has 1 N–H and O–H groups in total. The third kappa shape index (κ3) is 2.48. The molecule has 0 aromatic rings. The van der Waals surface area contributed by atoms with Crippen molar-refractivity contribution in [2.24, 2.45) is 45.3 Å². The van der Waals surface area contributed by atoms with Crippen molar-refractivity contribution in [2.45, 2.75) is 80.1 Å². The molecule has 6 atom stereocenters. The molecule has 158 valence electrons. The molecule has 4 saturated carbocycles. The summed E-state index contributed by atoms with van der Waals surface area (Å²) >= 11 is 0. The van der Waals surface area contributed by atoms with E-state index in [2.05, 4.69) is 46.9 Å².